The number of hydrogen-bond donors (Lipinski definition) is 2. The van der Waals surface area contributed by atoms with Crippen molar-refractivity contribution in [1.29, 1.82) is 0 Å². The van der Waals surface area contributed by atoms with E-state index < -0.39 is 16.0 Å². The van der Waals surface area contributed by atoms with Gasteiger partial charge in [-0.05, 0) is 44.0 Å². The Bertz CT molecular complexity index is 727. The number of hydrogen-bond acceptors (Lipinski definition) is 6. The van der Waals surface area contributed by atoms with Crippen molar-refractivity contribution in [1.82, 2.24) is 10.0 Å². The SMILES string of the molecule is CCOc1ccc(S(=O)(=O)NCCC(=O)OCC(=O)NC2CCCC2)cc1. The number of esters is 1. The molecule has 1 aliphatic carbocycles. The van der Waals surface area contributed by atoms with Crippen molar-refractivity contribution in [3.8, 4) is 5.75 Å². The number of carbonyl (C=O) groups excluding carboxylic acids is 2. The largest absolute Gasteiger partial charge is 0.494 e. The summed E-state index contributed by atoms with van der Waals surface area (Å²) in [7, 11) is -3.73. The van der Waals surface area contributed by atoms with E-state index in [-0.39, 0.29) is 36.4 Å². The van der Waals surface area contributed by atoms with Crippen molar-refractivity contribution in [3.05, 3.63) is 24.3 Å². The fourth-order valence-electron chi connectivity index (χ4n) is 2.81. The Morgan fingerprint density at radius 2 is 1.81 bits per heavy atom. The molecule has 1 amide bonds. The minimum Gasteiger partial charge on any atom is -0.494 e. The first-order valence-corrected chi connectivity index (χ1v) is 10.6. The Kier molecular flexibility index (Phi) is 8.05. The molecule has 150 valence electrons. The predicted molar refractivity (Wildman–Crippen MR) is 98.8 cm³/mol. The Hall–Kier alpha value is -2.13. The van der Waals surface area contributed by atoms with Gasteiger partial charge < -0.3 is 14.8 Å². The average Bonchev–Trinajstić information content (AvgIpc) is 3.13. The van der Waals surface area contributed by atoms with Gasteiger partial charge in [0, 0.05) is 12.6 Å². The van der Waals surface area contributed by atoms with Crippen LogP contribution in [0.3, 0.4) is 0 Å². The van der Waals surface area contributed by atoms with Gasteiger partial charge in [-0.1, -0.05) is 12.8 Å². The van der Waals surface area contributed by atoms with E-state index in [9.17, 15) is 18.0 Å². The van der Waals surface area contributed by atoms with E-state index in [1.165, 1.54) is 12.1 Å². The summed E-state index contributed by atoms with van der Waals surface area (Å²) < 4.78 is 36.8. The molecular formula is C18H26N2O6S. The fraction of sp³-hybridized carbons (Fsp3) is 0.556. The van der Waals surface area contributed by atoms with E-state index in [0.29, 0.717) is 12.4 Å². The number of rotatable bonds is 10. The first kappa shape index (κ1) is 21.2. The van der Waals surface area contributed by atoms with Crippen LogP contribution < -0.4 is 14.8 Å². The van der Waals surface area contributed by atoms with Gasteiger partial charge in [0.1, 0.15) is 5.75 Å². The van der Waals surface area contributed by atoms with Crippen molar-refractivity contribution in [3.63, 3.8) is 0 Å². The lowest BCUT2D eigenvalue weighted by Crippen LogP contribution is -2.36. The van der Waals surface area contributed by atoms with Crippen LogP contribution in [0.25, 0.3) is 0 Å². The van der Waals surface area contributed by atoms with E-state index >= 15 is 0 Å². The molecule has 0 unspecified atom stereocenters. The van der Waals surface area contributed by atoms with Crippen LogP contribution in [0.15, 0.2) is 29.2 Å². The second-order valence-corrected chi connectivity index (χ2v) is 8.03. The summed E-state index contributed by atoms with van der Waals surface area (Å²) in [5.41, 5.74) is 0. The molecule has 0 heterocycles. The Balaban J connectivity index is 1.69. The Morgan fingerprint density at radius 3 is 2.44 bits per heavy atom. The first-order valence-electron chi connectivity index (χ1n) is 9.08. The van der Waals surface area contributed by atoms with Gasteiger partial charge in [-0.2, -0.15) is 0 Å². The van der Waals surface area contributed by atoms with Crippen LogP contribution in [0.1, 0.15) is 39.0 Å². The van der Waals surface area contributed by atoms with E-state index in [4.69, 9.17) is 9.47 Å². The van der Waals surface area contributed by atoms with Crippen LogP contribution in [0.2, 0.25) is 0 Å². The molecule has 9 heteroatoms. The third kappa shape index (κ3) is 7.18. The molecule has 1 saturated carbocycles. The van der Waals surface area contributed by atoms with E-state index in [1.807, 2.05) is 6.92 Å². The number of ether oxygens (including phenoxy) is 2. The molecule has 8 nitrogen and oxygen atoms in total. The van der Waals surface area contributed by atoms with E-state index in [0.717, 1.165) is 25.7 Å². The highest BCUT2D eigenvalue weighted by atomic mass is 32.2. The Morgan fingerprint density at radius 1 is 1.15 bits per heavy atom. The van der Waals surface area contributed by atoms with E-state index in [2.05, 4.69) is 10.0 Å². The highest BCUT2D eigenvalue weighted by Gasteiger charge is 2.18. The van der Waals surface area contributed by atoms with Crippen LogP contribution in [-0.2, 0) is 24.3 Å². The van der Waals surface area contributed by atoms with Gasteiger partial charge in [0.05, 0.1) is 17.9 Å². The molecule has 0 atom stereocenters. The molecule has 27 heavy (non-hydrogen) atoms. The molecule has 0 saturated heterocycles. The lowest BCUT2D eigenvalue weighted by atomic mass is 10.2. The molecule has 0 aliphatic heterocycles. The predicted octanol–water partition coefficient (Wildman–Crippen LogP) is 1.36. The zero-order valence-electron chi connectivity index (χ0n) is 15.4. The number of benzene rings is 1. The lowest BCUT2D eigenvalue weighted by Gasteiger charge is -2.12. The molecule has 0 bridgehead atoms. The van der Waals surface area contributed by atoms with Crippen LogP contribution in [0.5, 0.6) is 5.75 Å². The van der Waals surface area contributed by atoms with Crippen LogP contribution in [0, 0.1) is 0 Å². The number of amides is 1. The van der Waals surface area contributed by atoms with Gasteiger partial charge in [0.15, 0.2) is 6.61 Å². The standard InChI is InChI=1S/C18H26N2O6S/c1-2-25-15-7-9-16(10-8-15)27(23,24)19-12-11-18(22)26-13-17(21)20-14-5-3-4-6-14/h7-10,14,19H,2-6,11-13H2,1H3,(H,20,21). The monoisotopic (exact) mass is 398 g/mol. The molecule has 2 N–H and O–H groups in total. The minimum atomic E-state index is -3.73. The maximum atomic E-state index is 12.2. The highest BCUT2D eigenvalue weighted by Crippen LogP contribution is 2.17. The minimum absolute atomic E-state index is 0.0789. The summed E-state index contributed by atoms with van der Waals surface area (Å²) in [5, 5.41) is 2.81. The van der Waals surface area contributed by atoms with Crippen LogP contribution in [-0.4, -0.2) is 46.1 Å². The fourth-order valence-corrected chi connectivity index (χ4v) is 3.84. The van der Waals surface area contributed by atoms with Crippen molar-refractivity contribution in [2.45, 2.75) is 50.0 Å². The molecule has 1 aromatic rings. The summed E-state index contributed by atoms with van der Waals surface area (Å²) in [6, 6.07) is 6.15. The molecule has 0 spiro atoms. The third-order valence-corrected chi connectivity index (χ3v) is 5.63. The van der Waals surface area contributed by atoms with Gasteiger partial charge in [-0.3, -0.25) is 9.59 Å². The molecule has 0 radical (unpaired) electrons. The van der Waals surface area contributed by atoms with Gasteiger partial charge in [0.2, 0.25) is 10.0 Å². The normalized spacial score (nSPS) is 14.7. The number of nitrogens with one attached hydrogen (secondary N) is 2. The molecule has 0 aromatic heterocycles. The maximum Gasteiger partial charge on any atom is 0.307 e. The van der Waals surface area contributed by atoms with Gasteiger partial charge in [-0.15, -0.1) is 0 Å². The second-order valence-electron chi connectivity index (χ2n) is 6.26. The summed E-state index contributed by atoms with van der Waals surface area (Å²) in [6.45, 7) is 1.87. The highest BCUT2D eigenvalue weighted by molar-refractivity contribution is 7.89. The number of sulfonamides is 1. The molecule has 1 aromatic carbocycles. The van der Waals surface area contributed by atoms with Crippen molar-refractivity contribution >= 4 is 21.9 Å². The third-order valence-electron chi connectivity index (χ3n) is 4.15. The summed E-state index contributed by atoms with van der Waals surface area (Å²) in [4.78, 5) is 23.4. The van der Waals surface area contributed by atoms with Crippen molar-refractivity contribution < 1.29 is 27.5 Å². The average molecular weight is 398 g/mol. The summed E-state index contributed by atoms with van der Waals surface area (Å²) in [5.74, 6) is -0.382. The van der Waals surface area contributed by atoms with E-state index in [1.54, 1.807) is 12.1 Å². The second kappa shape index (κ2) is 10.3. The maximum absolute atomic E-state index is 12.2. The van der Waals surface area contributed by atoms with Gasteiger partial charge in [-0.25, -0.2) is 13.1 Å². The topological polar surface area (TPSA) is 111 Å². The zero-order chi connectivity index (χ0) is 19.7. The zero-order valence-corrected chi connectivity index (χ0v) is 16.2. The first-order chi connectivity index (χ1) is 12.9. The molecule has 1 fully saturated rings. The number of carbonyl (C=O) groups is 2. The Labute approximate surface area is 159 Å². The van der Waals surface area contributed by atoms with Gasteiger partial charge >= 0.3 is 5.97 Å². The quantitative estimate of drug-likeness (QED) is 0.576. The molecular weight excluding hydrogens is 372 g/mol. The van der Waals surface area contributed by atoms with Crippen LogP contribution >= 0.6 is 0 Å². The molecule has 1 aliphatic rings. The lowest BCUT2D eigenvalue weighted by molar-refractivity contribution is -0.148. The van der Waals surface area contributed by atoms with Crippen molar-refractivity contribution in [2.75, 3.05) is 19.8 Å². The molecule has 2 rings (SSSR count). The van der Waals surface area contributed by atoms with Crippen LogP contribution in [0.4, 0.5) is 0 Å². The van der Waals surface area contributed by atoms with Gasteiger partial charge in [0.25, 0.3) is 5.91 Å². The summed E-state index contributed by atoms with van der Waals surface area (Å²) in [6.07, 6.45) is 3.94. The summed E-state index contributed by atoms with van der Waals surface area (Å²) >= 11 is 0. The smallest absolute Gasteiger partial charge is 0.307 e. The van der Waals surface area contributed by atoms with Crippen molar-refractivity contribution in [2.24, 2.45) is 0 Å².